The fourth-order valence-corrected chi connectivity index (χ4v) is 6.28. The van der Waals surface area contributed by atoms with E-state index in [1.807, 2.05) is 0 Å². The van der Waals surface area contributed by atoms with Crippen molar-refractivity contribution in [1.82, 2.24) is 15.0 Å². The van der Waals surface area contributed by atoms with Crippen LogP contribution in [0.1, 0.15) is 40.6 Å². The van der Waals surface area contributed by atoms with Crippen molar-refractivity contribution in [3.63, 3.8) is 0 Å². The molecular weight excluding hydrogens is 568 g/mol. The number of amides is 2. The number of anilines is 1. The molecule has 2 N–H and O–H groups in total. The molecule has 0 atom stereocenters. The molecule has 2 aromatic carbocycles. The first-order valence-corrected chi connectivity index (χ1v) is 13.6. The maximum Gasteiger partial charge on any atom is 0.270 e. The number of hydrogen-bond donors (Lipinski definition) is 1. The Balaban J connectivity index is 1.52. The number of primary amides is 1. The number of nitrogens with two attached hydrogens (primary N) is 1. The van der Waals surface area contributed by atoms with E-state index in [2.05, 4.69) is 15.0 Å². The van der Waals surface area contributed by atoms with Crippen LogP contribution in [-0.4, -0.2) is 26.8 Å². The van der Waals surface area contributed by atoms with Crippen LogP contribution in [-0.2, 0) is 13.0 Å². The fraction of sp³-hybridized carbons (Fsp3) is 0.115. The predicted molar refractivity (Wildman–Crippen MR) is 149 cm³/mol. The van der Waals surface area contributed by atoms with Crippen molar-refractivity contribution in [1.29, 1.82) is 0 Å². The summed E-state index contributed by atoms with van der Waals surface area (Å²) in [7, 11) is 0. The number of halogens is 3. The monoisotopic (exact) mass is 585 g/mol. The molecule has 7 nitrogen and oxygen atoms in total. The summed E-state index contributed by atoms with van der Waals surface area (Å²) in [5, 5.41) is 2.59. The summed E-state index contributed by atoms with van der Waals surface area (Å²) in [6.45, 7) is 1.85. The van der Waals surface area contributed by atoms with Gasteiger partial charge in [-0.15, -0.1) is 22.7 Å². The summed E-state index contributed by atoms with van der Waals surface area (Å²) >= 11 is 14.9. The lowest BCUT2D eigenvalue weighted by molar-refractivity contribution is 0.0985. The van der Waals surface area contributed by atoms with Gasteiger partial charge in [-0.2, -0.15) is 0 Å². The molecule has 0 bridgehead atoms. The van der Waals surface area contributed by atoms with Crippen molar-refractivity contribution in [3.05, 3.63) is 102 Å². The molecule has 0 aliphatic heterocycles. The van der Waals surface area contributed by atoms with Gasteiger partial charge in [-0.25, -0.2) is 19.3 Å². The lowest BCUT2D eigenvalue weighted by atomic mass is 10.1. The highest BCUT2D eigenvalue weighted by atomic mass is 35.5. The van der Waals surface area contributed by atoms with Crippen molar-refractivity contribution in [2.24, 2.45) is 5.73 Å². The minimum atomic E-state index is -0.541. The number of benzene rings is 2. The Morgan fingerprint density at radius 1 is 1.05 bits per heavy atom. The highest BCUT2D eigenvalue weighted by Crippen LogP contribution is 2.32. The van der Waals surface area contributed by atoms with Crippen molar-refractivity contribution < 1.29 is 14.0 Å². The van der Waals surface area contributed by atoms with Crippen molar-refractivity contribution in [2.75, 3.05) is 4.90 Å². The molecule has 5 aromatic rings. The molecule has 2 amide bonds. The molecule has 0 saturated heterocycles. The molecule has 0 radical (unpaired) electrons. The first-order valence-electron chi connectivity index (χ1n) is 11.2. The Labute approximate surface area is 234 Å². The Bertz CT molecular complexity index is 1700. The van der Waals surface area contributed by atoms with Crippen LogP contribution in [0.3, 0.4) is 0 Å². The Hall–Kier alpha value is -3.44. The third kappa shape index (κ3) is 5.25. The molecule has 0 fully saturated rings. The highest BCUT2D eigenvalue weighted by Gasteiger charge is 2.25. The molecule has 0 unspecified atom stereocenters. The summed E-state index contributed by atoms with van der Waals surface area (Å²) in [6.07, 6.45) is 3.33. The second-order valence-corrected chi connectivity index (χ2v) is 11.3. The molecular formula is C26H18Cl2FN5O2S2. The molecule has 0 aliphatic rings. The first kappa shape index (κ1) is 26.2. The van der Waals surface area contributed by atoms with Crippen LogP contribution in [0, 0.1) is 12.7 Å². The van der Waals surface area contributed by atoms with Crippen molar-refractivity contribution >= 4 is 74.1 Å². The van der Waals surface area contributed by atoms with E-state index in [1.54, 1.807) is 54.4 Å². The van der Waals surface area contributed by atoms with Gasteiger partial charge in [-0.1, -0.05) is 41.4 Å². The zero-order valence-electron chi connectivity index (χ0n) is 19.7. The van der Waals surface area contributed by atoms with E-state index in [0.717, 1.165) is 0 Å². The maximum absolute atomic E-state index is 14.6. The Morgan fingerprint density at radius 2 is 1.84 bits per heavy atom. The number of fused-ring (bicyclic) bond motifs is 1. The van der Waals surface area contributed by atoms with Crippen molar-refractivity contribution in [3.8, 4) is 0 Å². The van der Waals surface area contributed by atoms with Crippen LogP contribution >= 0.6 is 45.9 Å². The molecule has 192 valence electrons. The summed E-state index contributed by atoms with van der Waals surface area (Å²) in [5.41, 5.74) is 7.05. The summed E-state index contributed by atoms with van der Waals surface area (Å²) in [4.78, 5) is 40.7. The number of rotatable bonds is 7. The Kier molecular flexibility index (Phi) is 7.40. The van der Waals surface area contributed by atoms with E-state index in [-0.39, 0.29) is 23.0 Å². The molecule has 3 aromatic heterocycles. The standard InChI is InChI=1S/C26H18Cl2FN5O2S2/c1-13-23(38-21(33-13)9-20-31-11-19(37-20)25(30)35)26(36)34(16-5-2-4-15(27)8-16)12-14-10-32-24(28)22-17(14)6-3-7-18(22)29/h2-8,10-11H,9,12H2,1H3,(H2,30,35). The average Bonchev–Trinajstić information content (AvgIpc) is 3.50. The van der Waals surface area contributed by atoms with Crippen LogP contribution in [0.2, 0.25) is 10.2 Å². The van der Waals surface area contributed by atoms with Gasteiger partial charge >= 0.3 is 0 Å². The summed E-state index contributed by atoms with van der Waals surface area (Å²) in [6, 6.07) is 11.6. The van der Waals surface area contributed by atoms with Crippen LogP contribution in [0.15, 0.2) is 54.9 Å². The zero-order chi connectivity index (χ0) is 27.0. The maximum atomic E-state index is 14.6. The van der Waals surface area contributed by atoms with Gasteiger partial charge in [0.15, 0.2) is 0 Å². The van der Waals surface area contributed by atoms with Gasteiger partial charge in [0.25, 0.3) is 11.8 Å². The number of pyridine rings is 1. The second kappa shape index (κ2) is 10.7. The number of carbonyl (C=O) groups excluding carboxylic acids is 2. The number of hydrogen-bond acceptors (Lipinski definition) is 7. The van der Waals surface area contributed by atoms with E-state index < -0.39 is 11.7 Å². The van der Waals surface area contributed by atoms with Gasteiger partial charge in [0.1, 0.15) is 30.7 Å². The minimum absolute atomic E-state index is 0.0482. The molecule has 0 spiro atoms. The van der Waals surface area contributed by atoms with Gasteiger partial charge < -0.3 is 10.6 Å². The third-order valence-electron chi connectivity index (χ3n) is 5.73. The fourth-order valence-electron chi connectivity index (χ4n) is 3.97. The predicted octanol–water partition coefficient (Wildman–Crippen LogP) is 6.44. The van der Waals surface area contributed by atoms with Gasteiger partial charge in [-0.05, 0) is 42.1 Å². The van der Waals surface area contributed by atoms with E-state index in [9.17, 15) is 14.0 Å². The number of carbonyl (C=O) groups is 2. The van der Waals surface area contributed by atoms with Crippen LogP contribution in [0.4, 0.5) is 10.1 Å². The largest absolute Gasteiger partial charge is 0.365 e. The normalized spacial score (nSPS) is 11.2. The summed E-state index contributed by atoms with van der Waals surface area (Å²) in [5.74, 6) is -1.33. The van der Waals surface area contributed by atoms with E-state index >= 15 is 0 Å². The third-order valence-corrected chi connectivity index (χ3v) is 8.41. The molecule has 12 heteroatoms. The number of aryl methyl sites for hydroxylation is 1. The van der Waals surface area contributed by atoms with Gasteiger partial charge in [-0.3, -0.25) is 9.59 Å². The van der Waals surface area contributed by atoms with Crippen LogP contribution < -0.4 is 10.6 Å². The minimum Gasteiger partial charge on any atom is -0.365 e. The lowest BCUT2D eigenvalue weighted by Crippen LogP contribution is -2.30. The number of aromatic nitrogens is 3. The number of thiazole rings is 2. The quantitative estimate of drug-likeness (QED) is 0.221. The van der Waals surface area contributed by atoms with Gasteiger partial charge in [0, 0.05) is 16.9 Å². The Morgan fingerprint density at radius 3 is 2.58 bits per heavy atom. The molecule has 3 heterocycles. The first-order chi connectivity index (χ1) is 18.2. The highest BCUT2D eigenvalue weighted by molar-refractivity contribution is 7.15. The smallest absolute Gasteiger partial charge is 0.270 e. The van der Waals surface area contributed by atoms with Gasteiger partial charge in [0.05, 0.1) is 30.2 Å². The summed E-state index contributed by atoms with van der Waals surface area (Å²) < 4.78 is 14.6. The van der Waals surface area contributed by atoms with E-state index in [0.29, 0.717) is 53.5 Å². The van der Waals surface area contributed by atoms with E-state index in [4.69, 9.17) is 28.9 Å². The molecule has 0 aliphatic carbocycles. The molecule has 0 saturated carbocycles. The topological polar surface area (TPSA) is 102 Å². The van der Waals surface area contributed by atoms with Crippen molar-refractivity contribution in [2.45, 2.75) is 19.9 Å². The van der Waals surface area contributed by atoms with Gasteiger partial charge in [0.2, 0.25) is 0 Å². The zero-order valence-corrected chi connectivity index (χ0v) is 22.9. The number of nitrogens with zero attached hydrogens (tertiary/aromatic N) is 4. The van der Waals surface area contributed by atoms with Crippen LogP contribution in [0.5, 0.6) is 0 Å². The molecule has 5 rings (SSSR count). The van der Waals surface area contributed by atoms with E-state index in [1.165, 1.54) is 34.9 Å². The average molecular weight is 587 g/mol. The second-order valence-electron chi connectivity index (χ2n) is 8.29. The lowest BCUT2D eigenvalue weighted by Gasteiger charge is -2.23. The molecule has 38 heavy (non-hydrogen) atoms. The SMILES string of the molecule is Cc1nc(Cc2ncc(C(N)=O)s2)sc1C(=O)N(Cc1cnc(Cl)c2c(F)cccc12)c1cccc(Cl)c1. The van der Waals surface area contributed by atoms with Crippen LogP contribution in [0.25, 0.3) is 10.8 Å².